The number of likely N-dealkylation sites (tertiary alicyclic amines) is 1. The molecule has 1 fully saturated rings. The molecule has 15 heavy (non-hydrogen) atoms. The highest BCUT2D eigenvalue weighted by Crippen LogP contribution is 2.19. The fourth-order valence-corrected chi connectivity index (χ4v) is 1.96. The van der Waals surface area contributed by atoms with Gasteiger partial charge in [0.15, 0.2) is 0 Å². The van der Waals surface area contributed by atoms with E-state index in [0.717, 1.165) is 25.9 Å². The van der Waals surface area contributed by atoms with Crippen LogP contribution in [0.2, 0.25) is 0 Å². The molecule has 82 valence electrons. The number of rotatable bonds is 2. The number of carbonyl (C=O) groups excluding carboxylic acids is 1. The van der Waals surface area contributed by atoms with Crippen molar-refractivity contribution in [3.8, 4) is 0 Å². The van der Waals surface area contributed by atoms with Crippen LogP contribution in [0, 0.1) is 5.92 Å². The number of aliphatic hydroxyl groups excluding tert-OH is 1. The normalized spacial score (nSPS) is 20.9. The average molecular weight is 209 g/mol. The van der Waals surface area contributed by atoms with Crippen molar-refractivity contribution in [2.75, 3.05) is 19.7 Å². The highest BCUT2D eigenvalue weighted by molar-refractivity contribution is 5.76. The summed E-state index contributed by atoms with van der Waals surface area (Å²) in [6.07, 6.45) is 6.54. The molecule has 0 spiro atoms. The van der Waals surface area contributed by atoms with Gasteiger partial charge >= 0.3 is 6.03 Å². The molecule has 1 aliphatic rings. The van der Waals surface area contributed by atoms with Gasteiger partial charge in [-0.3, -0.25) is 4.57 Å². The molecule has 2 rings (SSSR count). The van der Waals surface area contributed by atoms with Crippen molar-refractivity contribution in [2.24, 2.45) is 5.92 Å². The summed E-state index contributed by atoms with van der Waals surface area (Å²) in [4.78, 5) is 17.5. The van der Waals surface area contributed by atoms with E-state index in [9.17, 15) is 4.79 Å². The summed E-state index contributed by atoms with van der Waals surface area (Å²) >= 11 is 0. The summed E-state index contributed by atoms with van der Waals surface area (Å²) in [5.74, 6) is 0.447. The van der Waals surface area contributed by atoms with E-state index >= 15 is 0 Å². The summed E-state index contributed by atoms with van der Waals surface area (Å²) in [5, 5.41) is 8.82. The Kier molecular flexibility index (Phi) is 3.01. The summed E-state index contributed by atoms with van der Waals surface area (Å²) < 4.78 is 1.49. The number of hydrogen-bond donors (Lipinski definition) is 1. The molecule has 0 aliphatic carbocycles. The molecule has 2 heterocycles. The zero-order valence-electron chi connectivity index (χ0n) is 8.54. The molecule has 0 bridgehead atoms. The van der Waals surface area contributed by atoms with Gasteiger partial charge in [-0.2, -0.15) is 0 Å². The molecule has 1 amide bonds. The van der Waals surface area contributed by atoms with E-state index in [1.54, 1.807) is 12.4 Å². The quantitative estimate of drug-likeness (QED) is 0.774. The number of hydrogen-bond acceptors (Lipinski definition) is 3. The molecule has 5 nitrogen and oxygen atoms in total. The van der Waals surface area contributed by atoms with E-state index < -0.39 is 0 Å². The maximum atomic E-state index is 11.8. The molecular weight excluding hydrogens is 194 g/mol. The van der Waals surface area contributed by atoms with Gasteiger partial charge in [0.25, 0.3) is 0 Å². The first-order valence-electron chi connectivity index (χ1n) is 5.19. The number of aromatic nitrogens is 2. The van der Waals surface area contributed by atoms with Gasteiger partial charge in [-0.1, -0.05) is 0 Å². The van der Waals surface area contributed by atoms with Gasteiger partial charge in [0.05, 0.1) is 0 Å². The highest BCUT2D eigenvalue weighted by atomic mass is 16.3. The molecule has 0 radical (unpaired) electrons. The lowest BCUT2D eigenvalue weighted by Crippen LogP contribution is -2.32. The predicted molar refractivity (Wildman–Crippen MR) is 54.4 cm³/mol. The molecule has 1 saturated heterocycles. The summed E-state index contributed by atoms with van der Waals surface area (Å²) in [7, 11) is 0. The molecule has 1 N–H and O–H groups in total. The number of nitrogens with zero attached hydrogens (tertiary/aromatic N) is 3. The topological polar surface area (TPSA) is 58.4 Å². The third-order valence-electron chi connectivity index (χ3n) is 2.82. The van der Waals surface area contributed by atoms with Crippen LogP contribution >= 0.6 is 0 Å². The first-order valence-corrected chi connectivity index (χ1v) is 5.19. The molecule has 5 heteroatoms. The van der Waals surface area contributed by atoms with Crippen LogP contribution in [-0.4, -0.2) is 45.3 Å². The van der Waals surface area contributed by atoms with Gasteiger partial charge in [-0.25, -0.2) is 9.78 Å². The molecule has 1 unspecified atom stereocenters. The van der Waals surface area contributed by atoms with E-state index in [1.165, 1.54) is 10.9 Å². The average Bonchev–Trinajstić information content (AvgIpc) is 2.87. The zero-order chi connectivity index (χ0) is 10.7. The van der Waals surface area contributed by atoms with E-state index in [0.29, 0.717) is 5.92 Å². The summed E-state index contributed by atoms with van der Waals surface area (Å²) in [6, 6.07) is -0.0204. The van der Waals surface area contributed by atoms with E-state index in [4.69, 9.17) is 5.11 Å². The van der Waals surface area contributed by atoms with E-state index in [2.05, 4.69) is 4.98 Å². The van der Waals surface area contributed by atoms with Crippen molar-refractivity contribution in [1.29, 1.82) is 0 Å². The van der Waals surface area contributed by atoms with Crippen LogP contribution in [0.3, 0.4) is 0 Å². The van der Waals surface area contributed by atoms with Crippen LogP contribution in [-0.2, 0) is 0 Å². The molecule has 1 atom stereocenters. The Balaban J connectivity index is 1.93. The van der Waals surface area contributed by atoms with E-state index in [-0.39, 0.29) is 12.6 Å². The first-order chi connectivity index (χ1) is 7.31. The smallest absolute Gasteiger partial charge is 0.329 e. The van der Waals surface area contributed by atoms with Gasteiger partial charge in [0.2, 0.25) is 0 Å². The monoisotopic (exact) mass is 209 g/mol. The Hall–Kier alpha value is -1.36. The molecule has 1 aromatic heterocycles. The number of imidazole rings is 1. The maximum absolute atomic E-state index is 11.8. The minimum absolute atomic E-state index is 0.0204. The largest absolute Gasteiger partial charge is 0.396 e. The van der Waals surface area contributed by atoms with Crippen molar-refractivity contribution in [3.05, 3.63) is 18.7 Å². The lowest BCUT2D eigenvalue weighted by atomic mass is 10.1. The van der Waals surface area contributed by atoms with Crippen LogP contribution in [0.25, 0.3) is 0 Å². The lowest BCUT2D eigenvalue weighted by Gasteiger charge is -2.16. The maximum Gasteiger partial charge on any atom is 0.329 e. The summed E-state index contributed by atoms with van der Waals surface area (Å²) in [5.41, 5.74) is 0. The second-order valence-corrected chi connectivity index (χ2v) is 3.87. The van der Waals surface area contributed by atoms with Crippen molar-refractivity contribution >= 4 is 6.03 Å². The van der Waals surface area contributed by atoms with Crippen molar-refractivity contribution in [2.45, 2.75) is 12.8 Å². The minimum atomic E-state index is -0.0204. The predicted octanol–water partition coefficient (Wildman–Crippen LogP) is 0.556. The SMILES string of the molecule is O=C(N1CCC(CCO)C1)n1ccnc1. The fraction of sp³-hybridized carbons (Fsp3) is 0.600. The Morgan fingerprint density at radius 3 is 3.13 bits per heavy atom. The standard InChI is InChI=1S/C10H15N3O2/c14-6-2-9-1-4-12(7-9)10(15)13-5-3-11-8-13/h3,5,8-9,14H,1-2,4,6-7H2. The number of amides is 1. The lowest BCUT2D eigenvalue weighted by molar-refractivity contribution is 0.206. The Morgan fingerprint density at radius 1 is 1.60 bits per heavy atom. The van der Waals surface area contributed by atoms with Gasteiger partial charge < -0.3 is 10.0 Å². The summed E-state index contributed by atoms with van der Waals surface area (Å²) in [6.45, 7) is 1.73. The molecular formula is C10H15N3O2. The van der Waals surface area contributed by atoms with Crippen LogP contribution in [0.15, 0.2) is 18.7 Å². The van der Waals surface area contributed by atoms with Crippen LogP contribution in [0.1, 0.15) is 12.8 Å². The third-order valence-corrected chi connectivity index (χ3v) is 2.82. The molecule has 1 aromatic rings. The molecule has 1 aliphatic heterocycles. The third kappa shape index (κ3) is 2.18. The Morgan fingerprint density at radius 2 is 2.47 bits per heavy atom. The van der Waals surface area contributed by atoms with Crippen molar-refractivity contribution in [1.82, 2.24) is 14.5 Å². The number of carbonyl (C=O) groups is 1. The van der Waals surface area contributed by atoms with Crippen LogP contribution < -0.4 is 0 Å². The van der Waals surface area contributed by atoms with Gasteiger partial charge in [0, 0.05) is 32.1 Å². The van der Waals surface area contributed by atoms with Crippen molar-refractivity contribution < 1.29 is 9.90 Å². The molecule has 0 saturated carbocycles. The second kappa shape index (κ2) is 4.44. The van der Waals surface area contributed by atoms with Crippen molar-refractivity contribution in [3.63, 3.8) is 0 Å². The first kappa shape index (κ1) is 10.2. The van der Waals surface area contributed by atoms with E-state index in [1.807, 2.05) is 4.90 Å². The Labute approximate surface area is 88.3 Å². The number of aliphatic hydroxyl groups is 1. The van der Waals surface area contributed by atoms with Gasteiger partial charge in [0.1, 0.15) is 6.33 Å². The van der Waals surface area contributed by atoms with Crippen LogP contribution in [0.5, 0.6) is 0 Å². The van der Waals surface area contributed by atoms with Gasteiger partial charge in [-0.15, -0.1) is 0 Å². The van der Waals surface area contributed by atoms with Crippen LogP contribution in [0.4, 0.5) is 4.79 Å². The zero-order valence-corrected chi connectivity index (χ0v) is 8.54. The fourth-order valence-electron chi connectivity index (χ4n) is 1.96. The minimum Gasteiger partial charge on any atom is -0.396 e. The highest BCUT2D eigenvalue weighted by Gasteiger charge is 2.26. The Bertz CT molecular complexity index is 323. The van der Waals surface area contributed by atoms with Gasteiger partial charge in [-0.05, 0) is 18.8 Å². The molecule has 0 aromatic carbocycles. The second-order valence-electron chi connectivity index (χ2n) is 3.87.